The van der Waals surface area contributed by atoms with E-state index >= 15 is 0 Å². The van der Waals surface area contributed by atoms with Crippen LogP contribution in [-0.4, -0.2) is 37.5 Å². The van der Waals surface area contributed by atoms with Crippen LogP contribution in [0.5, 0.6) is 0 Å². The molecule has 1 N–H and O–H groups in total. The first-order valence-corrected chi connectivity index (χ1v) is 9.92. The zero-order chi connectivity index (χ0) is 21.8. The Morgan fingerprint density at radius 1 is 1.10 bits per heavy atom. The fourth-order valence-corrected chi connectivity index (χ4v) is 3.24. The fraction of sp³-hybridized carbons (Fsp3) is 0.364. The molecule has 0 fully saturated rings. The van der Waals surface area contributed by atoms with Gasteiger partial charge in [-0.15, -0.1) is 0 Å². The molecule has 8 heteroatoms. The zero-order valence-corrected chi connectivity index (χ0v) is 17.9. The summed E-state index contributed by atoms with van der Waals surface area (Å²) in [6, 6.07) is 11.5. The molecule has 3 aromatic rings. The molecule has 0 spiro atoms. The van der Waals surface area contributed by atoms with Crippen LogP contribution in [0.4, 0.5) is 5.82 Å². The van der Waals surface area contributed by atoms with Crippen LogP contribution in [0.15, 0.2) is 42.6 Å². The van der Waals surface area contributed by atoms with Crippen molar-refractivity contribution in [1.29, 1.82) is 0 Å². The number of carbonyl (C=O) groups excluding carboxylic acids is 2. The first-order valence-electron chi connectivity index (χ1n) is 9.92. The van der Waals surface area contributed by atoms with Crippen LogP contribution in [0.25, 0.3) is 5.69 Å². The SMILES string of the molecule is Cc1nn(-c2ccccc2)c(C)c1CC(=O)O[C@@H](C)C(=O)Nc1ccnn1C(C)C. The number of hydrogen-bond donors (Lipinski definition) is 1. The van der Waals surface area contributed by atoms with Crippen molar-refractivity contribution in [2.24, 2.45) is 0 Å². The Hall–Kier alpha value is -3.42. The van der Waals surface area contributed by atoms with Crippen LogP contribution < -0.4 is 5.32 Å². The highest BCUT2D eigenvalue weighted by Crippen LogP contribution is 2.19. The van der Waals surface area contributed by atoms with Gasteiger partial charge in [-0.3, -0.25) is 9.59 Å². The smallest absolute Gasteiger partial charge is 0.311 e. The molecule has 0 unspecified atom stereocenters. The number of nitrogens with one attached hydrogen (secondary N) is 1. The normalized spacial score (nSPS) is 12.1. The molecule has 3 rings (SSSR count). The second-order valence-corrected chi connectivity index (χ2v) is 7.45. The van der Waals surface area contributed by atoms with Crippen molar-refractivity contribution >= 4 is 17.7 Å². The van der Waals surface area contributed by atoms with Gasteiger partial charge in [0.05, 0.1) is 24.0 Å². The number of para-hydroxylation sites is 1. The van der Waals surface area contributed by atoms with Gasteiger partial charge < -0.3 is 10.1 Å². The van der Waals surface area contributed by atoms with Gasteiger partial charge >= 0.3 is 5.97 Å². The molecule has 1 aromatic carbocycles. The molecule has 0 aliphatic heterocycles. The summed E-state index contributed by atoms with van der Waals surface area (Å²) < 4.78 is 8.87. The Bertz CT molecular complexity index is 1040. The number of nitrogens with zero attached hydrogens (tertiary/aromatic N) is 4. The Morgan fingerprint density at radius 2 is 1.80 bits per heavy atom. The van der Waals surface area contributed by atoms with Crippen LogP contribution in [0.1, 0.15) is 43.8 Å². The Morgan fingerprint density at radius 3 is 2.47 bits per heavy atom. The summed E-state index contributed by atoms with van der Waals surface area (Å²) in [5, 5.41) is 11.5. The molecule has 1 atom stereocenters. The van der Waals surface area contributed by atoms with Crippen molar-refractivity contribution in [2.75, 3.05) is 5.32 Å². The highest BCUT2D eigenvalue weighted by atomic mass is 16.5. The number of aryl methyl sites for hydroxylation is 1. The number of esters is 1. The number of anilines is 1. The predicted molar refractivity (Wildman–Crippen MR) is 114 cm³/mol. The molecule has 2 heterocycles. The molecule has 0 radical (unpaired) electrons. The van der Waals surface area contributed by atoms with Crippen LogP contribution in [0.2, 0.25) is 0 Å². The van der Waals surface area contributed by atoms with Gasteiger partial charge in [0.15, 0.2) is 6.10 Å². The summed E-state index contributed by atoms with van der Waals surface area (Å²) in [6.07, 6.45) is 0.728. The first-order chi connectivity index (χ1) is 14.3. The van der Waals surface area contributed by atoms with Crippen molar-refractivity contribution < 1.29 is 14.3 Å². The lowest BCUT2D eigenvalue weighted by atomic mass is 10.1. The van der Waals surface area contributed by atoms with Gasteiger partial charge in [-0.05, 0) is 46.8 Å². The van der Waals surface area contributed by atoms with Gasteiger partial charge in [-0.2, -0.15) is 10.2 Å². The maximum Gasteiger partial charge on any atom is 0.311 e. The topological polar surface area (TPSA) is 91.0 Å². The average molecular weight is 409 g/mol. The Kier molecular flexibility index (Phi) is 6.34. The third kappa shape index (κ3) is 4.59. The molecule has 2 aromatic heterocycles. The number of ether oxygens (including phenoxy) is 1. The van der Waals surface area contributed by atoms with E-state index in [4.69, 9.17) is 4.74 Å². The van der Waals surface area contributed by atoms with Gasteiger partial charge in [0.25, 0.3) is 5.91 Å². The summed E-state index contributed by atoms with van der Waals surface area (Å²) in [7, 11) is 0. The molecule has 30 heavy (non-hydrogen) atoms. The second kappa shape index (κ2) is 8.94. The van der Waals surface area contributed by atoms with E-state index in [2.05, 4.69) is 15.5 Å². The molecular formula is C22H27N5O3. The molecule has 8 nitrogen and oxygen atoms in total. The van der Waals surface area contributed by atoms with Crippen molar-refractivity contribution in [3.05, 3.63) is 59.5 Å². The highest BCUT2D eigenvalue weighted by molar-refractivity contribution is 5.94. The van der Waals surface area contributed by atoms with E-state index in [1.807, 2.05) is 58.0 Å². The molecular weight excluding hydrogens is 382 g/mol. The van der Waals surface area contributed by atoms with Crippen LogP contribution >= 0.6 is 0 Å². The van der Waals surface area contributed by atoms with Crippen molar-refractivity contribution in [1.82, 2.24) is 19.6 Å². The number of amides is 1. The lowest BCUT2D eigenvalue weighted by Crippen LogP contribution is -2.31. The summed E-state index contributed by atoms with van der Waals surface area (Å²) in [5.41, 5.74) is 3.35. The molecule has 0 saturated carbocycles. The van der Waals surface area contributed by atoms with E-state index in [0.29, 0.717) is 5.82 Å². The third-order valence-electron chi connectivity index (χ3n) is 4.85. The van der Waals surface area contributed by atoms with Crippen molar-refractivity contribution in [3.8, 4) is 5.69 Å². The predicted octanol–water partition coefficient (Wildman–Crippen LogP) is 3.38. The molecule has 0 saturated heterocycles. The first kappa shape index (κ1) is 21.3. The minimum Gasteiger partial charge on any atom is -0.452 e. The fourth-order valence-electron chi connectivity index (χ4n) is 3.24. The average Bonchev–Trinajstić information content (AvgIpc) is 3.28. The highest BCUT2D eigenvalue weighted by Gasteiger charge is 2.22. The van der Waals surface area contributed by atoms with Gasteiger partial charge in [0, 0.05) is 23.4 Å². The van der Waals surface area contributed by atoms with Crippen LogP contribution in [-0.2, 0) is 20.7 Å². The third-order valence-corrected chi connectivity index (χ3v) is 4.85. The summed E-state index contributed by atoms with van der Waals surface area (Å²) in [4.78, 5) is 24.9. The van der Waals surface area contributed by atoms with Gasteiger partial charge in [0.1, 0.15) is 5.82 Å². The van der Waals surface area contributed by atoms with Crippen molar-refractivity contribution in [2.45, 2.75) is 53.2 Å². The molecule has 1 amide bonds. The van der Waals surface area contributed by atoms with Gasteiger partial charge in [0.2, 0.25) is 0 Å². The lowest BCUT2D eigenvalue weighted by Gasteiger charge is -2.16. The van der Waals surface area contributed by atoms with Gasteiger partial charge in [-0.25, -0.2) is 9.36 Å². The molecule has 0 bridgehead atoms. The number of benzene rings is 1. The minimum atomic E-state index is -0.933. The Balaban J connectivity index is 1.65. The number of rotatable bonds is 7. The summed E-state index contributed by atoms with van der Waals surface area (Å²) in [6.45, 7) is 9.26. The van der Waals surface area contributed by atoms with Crippen LogP contribution in [0, 0.1) is 13.8 Å². The van der Waals surface area contributed by atoms with E-state index in [1.165, 1.54) is 0 Å². The monoisotopic (exact) mass is 409 g/mol. The van der Waals surface area contributed by atoms with E-state index in [1.54, 1.807) is 28.6 Å². The minimum absolute atomic E-state index is 0.0477. The van der Waals surface area contributed by atoms with E-state index in [-0.39, 0.29) is 12.5 Å². The van der Waals surface area contributed by atoms with E-state index in [9.17, 15) is 9.59 Å². The van der Waals surface area contributed by atoms with Gasteiger partial charge in [-0.1, -0.05) is 18.2 Å². The zero-order valence-electron chi connectivity index (χ0n) is 17.9. The molecule has 0 aliphatic carbocycles. The number of aromatic nitrogens is 4. The summed E-state index contributed by atoms with van der Waals surface area (Å²) in [5.74, 6) is -0.318. The second-order valence-electron chi connectivity index (χ2n) is 7.45. The number of carbonyl (C=O) groups is 2. The molecule has 158 valence electrons. The quantitative estimate of drug-likeness (QED) is 0.604. The standard InChI is InChI=1S/C22H27N5O3/c1-14(2)26-20(11-12-23-26)24-22(29)17(5)30-21(28)13-19-15(3)25-27(16(19)4)18-9-7-6-8-10-18/h6-12,14,17H,13H2,1-5H3,(H,24,29)/t17-/m0/s1. The summed E-state index contributed by atoms with van der Waals surface area (Å²) >= 11 is 0. The lowest BCUT2D eigenvalue weighted by molar-refractivity contribution is -0.152. The van der Waals surface area contributed by atoms with E-state index in [0.717, 1.165) is 22.6 Å². The maximum atomic E-state index is 12.5. The van der Waals surface area contributed by atoms with Crippen LogP contribution in [0.3, 0.4) is 0 Å². The maximum absolute atomic E-state index is 12.5. The van der Waals surface area contributed by atoms with Crippen molar-refractivity contribution in [3.63, 3.8) is 0 Å². The van der Waals surface area contributed by atoms with E-state index < -0.39 is 18.0 Å². The molecule has 0 aliphatic rings. The Labute approximate surface area is 175 Å². The number of hydrogen-bond acceptors (Lipinski definition) is 5. The largest absolute Gasteiger partial charge is 0.452 e.